The van der Waals surface area contributed by atoms with Crippen LogP contribution in [0.15, 0.2) is 65.8 Å². The third-order valence-electron chi connectivity index (χ3n) is 6.09. The third-order valence-corrected chi connectivity index (χ3v) is 6.09. The van der Waals surface area contributed by atoms with E-state index >= 15 is 0 Å². The molecule has 2 aromatic heterocycles. The number of hydrogen-bond acceptors (Lipinski definition) is 7. The SMILES string of the molecule is CN=C/C(=C\N)NC(=O)C(CC1CCCC1)NC(=O)c1cccc(Nc2cccn3ncnc23)c1. The maximum Gasteiger partial charge on any atom is 0.252 e. The van der Waals surface area contributed by atoms with E-state index < -0.39 is 6.04 Å². The predicted octanol–water partition coefficient (Wildman–Crippen LogP) is 2.77. The molecule has 0 saturated heterocycles. The molecule has 4 rings (SSSR count). The van der Waals surface area contributed by atoms with Crippen molar-refractivity contribution < 1.29 is 9.59 Å². The number of hydrogen-bond donors (Lipinski definition) is 4. The number of carbonyl (C=O) groups is 2. The number of amides is 2. The first-order chi connectivity index (χ1) is 17.1. The number of fused-ring (bicyclic) bond motifs is 1. The topological polar surface area (TPSA) is 139 Å². The molecule has 5 N–H and O–H groups in total. The van der Waals surface area contributed by atoms with Crippen molar-refractivity contribution in [2.45, 2.75) is 38.1 Å². The van der Waals surface area contributed by atoms with Crippen molar-refractivity contribution in [3.8, 4) is 0 Å². The minimum atomic E-state index is -0.688. The van der Waals surface area contributed by atoms with E-state index in [0.29, 0.717) is 29.2 Å². The maximum absolute atomic E-state index is 13.2. The number of carbonyl (C=O) groups excluding carboxylic acids is 2. The van der Waals surface area contributed by atoms with Crippen LogP contribution in [0.3, 0.4) is 0 Å². The van der Waals surface area contributed by atoms with E-state index in [1.165, 1.54) is 18.7 Å². The Morgan fingerprint density at radius 2 is 2.09 bits per heavy atom. The molecular formula is C25H30N8O2. The first-order valence-electron chi connectivity index (χ1n) is 11.7. The van der Waals surface area contributed by atoms with Crippen LogP contribution in [0.5, 0.6) is 0 Å². The molecule has 0 aliphatic heterocycles. The van der Waals surface area contributed by atoms with E-state index in [1.807, 2.05) is 24.4 Å². The molecule has 1 aromatic carbocycles. The molecule has 1 fully saturated rings. The fourth-order valence-electron chi connectivity index (χ4n) is 4.38. The highest BCUT2D eigenvalue weighted by molar-refractivity contribution is 5.99. The van der Waals surface area contributed by atoms with Crippen molar-refractivity contribution in [3.05, 3.63) is 66.4 Å². The zero-order chi connectivity index (χ0) is 24.6. The van der Waals surface area contributed by atoms with Crippen LogP contribution in [0.25, 0.3) is 5.65 Å². The Bertz CT molecular complexity index is 1240. The monoisotopic (exact) mass is 474 g/mol. The van der Waals surface area contributed by atoms with Crippen molar-refractivity contribution in [2.75, 3.05) is 12.4 Å². The summed E-state index contributed by atoms with van der Waals surface area (Å²) < 4.78 is 1.67. The summed E-state index contributed by atoms with van der Waals surface area (Å²) in [5.41, 5.74) is 8.59. The summed E-state index contributed by atoms with van der Waals surface area (Å²) in [6.45, 7) is 0. The fourth-order valence-corrected chi connectivity index (χ4v) is 4.38. The number of aromatic nitrogens is 3. The van der Waals surface area contributed by atoms with Crippen LogP contribution in [0.4, 0.5) is 11.4 Å². The van der Waals surface area contributed by atoms with Gasteiger partial charge < -0.3 is 21.7 Å². The average molecular weight is 475 g/mol. The lowest BCUT2D eigenvalue weighted by Gasteiger charge is -2.22. The van der Waals surface area contributed by atoms with Crippen molar-refractivity contribution in [1.29, 1.82) is 0 Å². The fraction of sp³-hybridized carbons (Fsp3) is 0.320. The van der Waals surface area contributed by atoms with Gasteiger partial charge in [0.05, 0.1) is 11.4 Å². The second kappa shape index (κ2) is 11.3. The number of anilines is 2. The van der Waals surface area contributed by atoms with Crippen molar-refractivity contribution >= 4 is 35.1 Å². The molecule has 182 valence electrons. The van der Waals surface area contributed by atoms with Crippen molar-refractivity contribution in [1.82, 2.24) is 25.2 Å². The summed E-state index contributed by atoms with van der Waals surface area (Å²) in [6.07, 6.45) is 11.0. The lowest BCUT2D eigenvalue weighted by atomic mass is 9.97. The summed E-state index contributed by atoms with van der Waals surface area (Å²) in [5, 5.41) is 13.1. The van der Waals surface area contributed by atoms with Gasteiger partial charge in [0.1, 0.15) is 12.4 Å². The Balaban J connectivity index is 1.49. The molecule has 35 heavy (non-hydrogen) atoms. The Morgan fingerprint density at radius 1 is 1.26 bits per heavy atom. The number of pyridine rings is 1. The standard InChI is InChI=1S/C25H30N8O2/c1-27-15-20(14-26)31-25(35)22(12-17-6-2-3-7-17)32-24(34)18-8-4-9-19(13-18)30-21-10-5-11-33-23(21)28-16-29-33/h4-5,8-11,13-17,22,30H,2-3,6-7,12,26H2,1H3,(H,31,35)(H,32,34)/b20-14+,27-15?. The minimum Gasteiger partial charge on any atom is -0.403 e. The third kappa shape index (κ3) is 6.03. The molecule has 1 aliphatic rings. The lowest BCUT2D eigenvalue weighted by molar-refractivity contribution is -0.122. The molecule has 10 nitrogen and oxygen atoms in total. The van der Waals surface area contributed by atoms with Crippen LogP contribution >= 0.6 is 0 Å². The molecule has 0 radical (unpaired) electrons. The molecule has 1 atom stereocenters. The molecule has 1 unspecified atom stereocenters. The van der Waals surface area contributed by atoms with E-state index in [1.54, 1.807) is 29.8 Å². The average Bonchev–Trinajstić information content (AvgIpc) is 3.56. The Hall–Kier alpha value is -4.21. The van der Waals surface area contributed by atoms with Gasteiger partial charge in [-0.05, 0) is 42.7 Å². The van der Waals surface area contributed by atoms with Gasteiger partial charge in [-0.25, -0.2) is 9.50 Å². The summed E-state index contributed by atoms with van der Waals surface area (Å²) in [7, 11) is 1.60. The minimum absolute atomic E-state index is 0.311. The first kappa shape index (κ1) is 23.9. The highest BCUT2D eigenvalue weighted by Crippen LogP contribution is 2.29. The number of nitrogens with zero attached hydrogens (tertiary/aromatic N) is 4. The van der Waals surface area contributed by atoms with Gasteiger partial charge in [0.25, 0.3) is 5.91 Å². The molecular weight excluding hydrogens is 444 g/mol. The predicted molar refractivity (Wildman–Crippen MR) is 135 cm³/mol. The highest BCUT2D eigenvalue weighted by atomic mass is 16.2. The largest absolute Gasteiger partial charge is 0.403 e. The van der Waals surface area contributed by atoms with Gasteiger partial charge in [-0.15, -0.1) is 0 Å². The van der Waals surface area contributed by atoms with Gasteiger partial charge in [0, 0.05) is 36.9 Å². The van der Waals surface area contributed by atoms with Gasteiger partial charge in [-0.2, -0.15) is 5.10 Å². The summed E-state index contributed by atoms with van der Waals surface area (Å²) >= 11 is 0. The molecule has 3 aromatic rings. The number of benzene rings is 1. The number of rotatable bonds is 9. The van der Waals surface area contributed by atoms with Gasteiger partial charge in [-0.1, -0.05) is 31.7 Å². The first-order valence-corrected chi connectivity index (χ1v) is 11.7. The van der Waals surface area contributed by atoms with E-state index in [0.717, 1.165) is 37.1 Å². The van der Waals surface area contributed by atoms with Crippen molar-refractivity contribution in [2.24, 2.45) is 16.6 Å². The maximum atomic E-state index is 13.2. The second-order valence-corrected chi connectivity index (χ2v) is 8.57. The Morgan fingerprint density at radius 3 is 2.86 bits per heavy atom. The summed E-state index contributed by atoms with van der Waals surface area (Å²) in [5.74, 6) is -0.239. The smallest absolute Gasteiger partial charge is 0.252 e. The molecule has 1 aliphatic carbocycles. The number of nitrogens with two attached hydrogens (primary N) is 1. The van der Waals surface area contributed by atoms with Crippen LogP contribution in [0.2, 0.25) is 0 Å². The van der Waals surface area contributed by atoms with E-state index in [2.05, 4.69) is 31.0 Å². The Labute approximate surface area is 203 Å². The van der Waals surface area contributed by atoms with Crippen LogP contribution in [0, 0.1) is 5.92 Å². The number of allylic oxidation sites excluding steroid dienone is 1. The zero-order valence-electron chi connectivity index (χ0n) is 19.6. The van der Waals surface area contributed by atoms with Crippen LogP contribution < -0.4 is 21.7 Å². The van der Waals surface area contributed by atoms with Gasteiger partial charge in [-0.3, -0.25) is 14.6 Å². The summed E-state index contributed by atoms with van der Waals surface area (Å²) in [6, 6.07) is 10.2. The second-order valence-electron chi connectivity index (χ2n) is 8.57. The van der Waals surface area contributed by atoms with Crippen molar-refractivity contribution in [3.63, 3.8) is 0 Å². The van der Waals surface area contributed by atoms with Crippen LogP contribution in [-0.2, 0) is 4.79 Å². The molecule has 1 saturated carbocycles. The summed E-state index contributed by atoms with van der Waals surface area (Å²) in [4.78, 5) is 34.4. The van der Waals surface area contributed by atoms with Gasteiger partial charge in [0.15, 0.2) is 5.65 Å². The zero-order valence-corrected chi connectivity index (χ0v) is 19.6. The normalized spacial score (nSPS) is 15.4. The quantitative estimate of drug-likeness (QED) is 0.352. The molecule has 0 bridgehead atoms. The van der Waals surface area contributed by atoms with E-state index in [9.17, 15) is 9.59 Å². The highest BCUT2D eigenvalue weighted by Gasteiger charge is 2.27. The van der Waals surface area contributed by atoms with E-state index in [4.69, 9.17) is 5.73 Å². The molecule has 0 spiro atoms. The number of nitrogens with one attached hydrogen (secondary N) is 3. The van der Waals surface area contributed by atoms with Gasteiger partial charge >= 0.3 is 0 Å². The van der Waals surface area contributed by atoms with E-state index in [-0.39, 0.29) is 11.8 Å². The van der Waals surface area contributed by atoms with Crippen LogP contribution in [-0.4, -0.2) is 45.7 Å². The molecule has 2 amide bonds. The van der Waals surface area contributed by atoms with Crippen LogP contribution in [0.1, 0.15) is 42.5 Å². The number of aliphatic imine (C=N–C) groups is 1. The Kier molecular flexibility index (Phi) is 7.71. The molecule has 2 heterocycles. The lowest BCUT2D eigenvalue weighted by Crippen LogP contribution is -2.47. The molecule has 10 heteroatoms. The van der Waals surface area contributed by atoms with Gasteiger partial charge in [0.2, 0.25) is 5.91 Å².